The summed E-state index contributed by atoms with van der Waals surface area (Å²) in [5.74, 6) is -1.16. The Hall–Kier alpha value is -1.92. The summed E-state index contributed by atoms with van der Waals surface area (Å²) in [6.07, 6.45) is 1.55. The lowest BCUT2D eigenvalue weighted by atomic mass is 10.0. The van der Waals surface area contributed by atoms with Crippen molar-refractivity contribution in [1.29, 1.82) is 0 Å². The Morgan fingerprint density at radius 1 is 1.38 bits per heavy atom. The highest BCUT2D eigenvalue weighted by molar-refractivity contribution is 5.68. The summed E-state index contributed by atoms with van der Waals surface area (Å²) in [6, 6.07) is 1.94. The van der Waals surface area contributed by atoms with Gasteiger partial charge in [0.05, 0.1) is 0 Å². The van der Waals surface area contributed by atoms with E-state index in [-0.39, 0.29) is 24.3 Å². The fourth-order valence-corrected chi connectivity index (χ4v) is 5.11. The van der Waals surface area contributed by atoms with Gasteiger partial charge in [0.25, 0.3) is 5.92 Å². The zero-order chi connectivity index (χ0) is 18.2. The fraction of sp³-hybridized carbons (Fsp3) is 0.684. The molecule has 2 aliphatic carbocycles. The first-order chi connectivity index (χ1) is 12.3. The molecular formula is C19H23F2N3O2. The number of fused-ring (bicyclic) bond motifs is 2. The Morgan fingerprint density at radius 2 is 2.12 bits per heavy atom. The summed E-state index contributed by atoms with van der Waals surface area (Å²) in [7, 11) is 0. The van der Waals surface area contributed by atoms with Gasteiger partial charge in [-0.15, -0.1) is 0 Å². The molecule has 26 heavy (non-hydrogen) atoms. The Bertz CT molecular complexity index is 772. The van der Waals surface area contributed by atoms with Gasteiger partial charge < -0.3 is 14.9 Å². The Kier molecular flexibility index (Phi) is 3.32. The molecule has 0 bridgehead atoms. The van der Waals surface area contributed by atoms with E-state index in [0.717, 1.165) is 37.4 Å². The number of hydrogen-bond donors (Lipinski definition) is 1. The van der Waals surface area contributed by atoms with E-state index in [1.165, 1.54) is 0 Å². The number of carboxylic acids is 1. The van der Waals surface area contributed by atoms with Crippen LogP contribution in [-0.4, -0.2) is 41.7 Å². The van der Waals surface area contributed by atoms with Crippen LogP contribution in [0.4, 0.5) is 20.4 Å². The summed E-state index contributed by atoms with van der Waals surface area (Å²) in [5, 5.41) is 8.97. The maximum atomic E-state index is 14.4. The smallest absolute Gasteiger partial charge is 0.303 e. The first-order valence-corrected chi connectivity index (χ1v) is 9.51. The first kappa shape index (κ1) is 16.3. The molecule has 0 radical (unpaired) electrons. The van der Waals surface area contributed by atoms with Crippen LogP contribution in [0.25, 0.3) is 0 Å². The second kappa shape index (κ2) is 5.30. The first-order valence-electron chi connectivity index (χ1n) is 9.51. The molecule has 3 heterocycles. The second-order valence-corrected chi connectivity index (χ2v) is 8.36. The molecule has 7 heteroatoms. The van der Waals surface area contributed by atoms with E-state index < -0.39 is 11.9 Å². The molecule has 3 unspecified atom stereocenters. The molecule has 2 saturated heterocycles. The van der Waals surface area contributed by atoms with Crippen molar-refractivity contribution in [1.82, 2.24) is 4.98 Å². The van der Waals surface area contributed by atoms with Gasteiger partial charge in [0.1, 0.15) is 11.6 Å². The minimum absolute atomic E-state index is 0.130. The van der Waals surface area contributed by atoms with Gasteiger partial charge in [-0.05, 0) is 43.6 Å². The van der Waals surface area contributed by atoms with Gasteiger partial charge in [-0.3, -0.25) is 4.79 Å². The zero-order valence-electron chi connectivity index (χ0n) is 14.8. The lowest BCUT2D eigenvalue weighted by Crippen LogP contribution is -2.47. The van der Waals surface area contributed by atoms with Crippen molar-refractivity contribution < 1.29 is 18.7 Å². The van der Waals surface area contributed by atoms with Crippen molar-refractivity contribution in [2.24, 2.45) is 17.8 Å². The monoisotopic (exact) mass is 363 g/mol. The van der Waals surface area contributed by atoms with E-state index in [0.29, 0.717) is 30.1 Å². The predicted molar refractivity (Wildman–Crippen MR) is 92.8 cm³/mol. The molecule has 5 rings (SSSR count). The van der Waals surface area contributed by atoms with E-state index in [1.807, 2.05) is 0 Å². The number of carbonyl (C=O) groups is 1. The number of piperidine rings is 1. The van der Waals surface area contributed by atoms with Crippen LogP contribution in [0.5, 0.6) is 0 Å². The SMILES string of the molecule is CC1CCN1c1nc(N2CC3C(CC(=O)O)C3C2)cc2c1CCC2(F)F. The lowest BCUT2D eigenvalue weighted by molar-refractivity contribution is -0.137. The Morgan fingerprint density at radius 3 is 2.69 bits per heavy atom. The summed E-state index contributed by atoms with van der Waals surface area (Å²) >= 11 is 0. The topological polar surface area (TPSA) is 56.7 Å². The van der Waals surface area contributed by atoms with Crippen molar-refractivity contribution in [2.45, 2.75) is 44.6 Å². The largest absolute Gasteiger partial charge is 0.481 e. The van der Waals surface area contributed by atoms with E-state index >= 15 is 0 Å². The van der Waals surface area contributed by atoms with E-state index in [1.54, 1.807) is 6.07 Å². The molecule has 3 fully saturated rings. The average Bonchev–Trinajstić information content (AvgIpc) is 2.93. The van der Waals surface area contributed by atoms with Gasteiger partial charge >= 0.3 is 5.97 Å². The molecule has 1 aromatic rings. The minimum Gasteiger partial charge on any atom is -0.481 e. The van der Waals surface area contributed by atoms with Crippen LogP contribution < -0.4 is 9.80 Å². The third-order valence-electron chi connectivity index (χ3n) is 6.87. The number of hydrogen-bond acceptors (Lipinski definition) is 4. The number of halogens is 2. The molecule has 1 N–H and O–H groups in total. The van der Waals surface area contributed by atoms with Crippen LogP contribution in [0.15, 0.2) is 6.07 Å². The Balaban J connectivity index is 1.44. The van der Waals surface area contributed by atoms with Crippen LogP contribution in [0.3, 0.4) is 0 Å². The van der Waals surface area contributed by atoms with Crippen molar-refractivity contribution >= 4 is 17.6 Å². The standard InChI is InChI=1S/C19H23F2N3O2/c1-10-3-5-24(10)18-11-2-4-19(20,21)15(11)7-16(22-18)23-8-13-12(6-17(25)26)14(13)9-23/h7,10,12-14H,2-6,8-9H2,1H3,(H,25,26). The van der Waals surface area contributed by atoms with Crippen LogP contribution in [-0.2, 0) is 17.1 Å². The quantitative estimate of drug-likeness (QED) is 0.892. The van der Waals surface area contributed by atoms with Gasteiger partial charge in [0.15, 0.2) is 0 Å². The minimum atomic E-state index is -2.77. The summed E-state index contributed by atoms with van der Waals surface area (Å²) in [4.78, 5) is 19.9. The number of aliphatic carboxylic acids is 1. The number of anilines is 2. The number of nitrogens with zero attached hydrogens (tertiary/aromatic N) is 3. The summed E-state index contributed by atoms with van der Waals surface area (Å²) in [5.41, 5.74) is 0.873. The number of pyridine rings is 1. The van der Waals surface area contributed by atoms with Crippen molar-refractivity contribution in [3.8, 4) is 0 Å². The van der Waals surface area contributed by atoms with Gasteiger partial charge in [-0.2, -0.15) is 0 Å². The highest BCUT2D eigenvalue weighted by atomic mass is 19.3. The van der Waals surface area contributed by atoms with E-state index in [9.17, 15) is 13.6 Å². The molecule has 4 aliphatic rings. The maximum Gasteiger partial charge on any atom is 0.303 e. The molecule has 1 saturated carbocycles. The maximum absolute atomic E-state index is 14.4. The molecule has 2 aliphatic heterocycles. The van der Waals surface area contributed by atoms with Crippen molar-refractivity contribution in [3.05, 3.63) is 17.2 Å². The number of carboxylic acid groups (broad SMARTS) is 1. The van der Waals surface area contributed by atoms with Gasteiger partial charge in [0, 0.05) is 49.6 Å². The number of alkyl halides is 2. The fourth-order valence-electron chi connectivity index (χ4n) is 5.11. The van der Waals surface area contributed by atoms with Gasteiger partial charge in [-0.25, -0.2) is 13.8 Å². The molecular weight excluding hydrogens is 340 g/mol. The highest BCUT2D eigenvalue weighted by Gasteiger charge is 2.56. The predicted octanol–water partition coefficient (Wildman–Crippen LogP) is 2.88. The molecule has 1 aromatic heterocycles. The second-order valence-electron chi connectivity index (χ2n) is 8.36. The van der Waals surface area contributed by atoms with Crippen LogP contribution in [0.1, 0.15) is 37.3 Å². The van der Waals surface area contributed by atoms with Crippen LogP contribution in [0, 0.1) is 17.8 Å². The zero-order valence-corrected chi connectivity index (χ0v) is 14.8. The van der Waals surface area contributed by atoms with Crippen LogP contribution >= 0.6 is 0 Å². The van der Waals surface area contributed by atoms with Crippen molar-refractivity contribution in [3.63, 3.8) is 0 Å². The summed E-state index contributed by atoms with van der Waals surface area (Å²) < 4.78 is 28.9. The number of aromatic nitrogens is 1. The van der Waals surface area contributed by atoms with E-state index in [4.69, 9.17) is 10.1 Å². The number of rotatable bonds is 4. The van der Waals surface area contributed by atoms with Gasteiger partial charge in [0.2, 0.25) is 0 Å². The normalized spacial score (nSPS) is 33.7. The summed E-state index contributed by atoms with van der Waals surface area (Å²) in [6.45, 7) is 4.45. The third kappa shape index (κ3) is 2.32. The molecule has 5 nitrogen and oxygen atoms in total. The highest BCUT2D eigenvalue weighted by Crippen LogP contribution is 2.55. The molecule has 0 aromatic carbocycles. The third-order valence-corrected chi connectivity index (χ3v) is 6.87. The average molecular weight is 363 g/mol. The molecule has 0 amide bonds. The van der Waals surface area contributed by atoms with Crippen LogP contribution in [0.2, 0.25) is 0 Å². The van der Waals surface area contributed by atoms with Gasteiger partial charge in [-0.1, -0.05) is 0 Å². The molecule has 140 valence electrons. The van der Waals surface area contributed by atoms with E-state index in [2.05, 4.69) is 16.7 Å². The molecule has 3 atom stereocenters. The van der Waals surface area contributed by atoms with Crippen molar-refractivity contribution in [2.75, 3.05) is 29.4 Å². The Labute approximate surface area is 151 Å². The molecule has 0 spiro atoms. The lowest BCUT2D eigenvalue weighted by Gasteiger charge is -2.41.